The summed E-state index contributed by atoms with van der Waals surface area (Å²) in [6.07, 6.45) is 0. The van der Waals surface area contributed by atoms with E-state index < -0.39 is 11.7 Å². The standard InChI is InChI=1S/C26H24FN5O2/c1-16-15-17(31(2)3)13-14-20(16)28-23(25(33)30-22-12-8-6-10-19(22)27)24-29-21-11-7-5-9-18(21)26(34)32(24)4/h5-15H,1-4H3,(H,30,33). The number of aliphatic imine (C=N–C) groups is 1. The van der Waals surface area contributed by atoms with Gasteiger partial charge in [-0.05, 0) is 55.0 Å². The fourth-order valence-corrected chi connectivity index (χ4v) is 3.54. The monoisotopic (exact) mass is 457 g/mol. The third-order valence-corrected chi connectivity index (χ3v) is 5.46. The minimum Gasteiger partial charge on any atom is -0.378 e. The van der Waals surface area contributed by atoms with Crippen LogP contribution in [0.1, 0.15) is 11.4 Å². The third kappa shape index (κ3) is 4.43. The van der Waals surface area contributed by atoms with Gasteiger partial charge in [-0.25, -0.2) is 14.4 Å². The van der Waals surface area contributed by atoms with Crippen molar-refractivity contribution in [3.8, 4) is 0 Å². The molecule has 0 radical (unpaired) electrons. The van der Waals surface area contributed by atoms with Crippen molar-refractivity contribution in [2.45, 2.75) is 6.92 Å². The predicted molar refractivity (Wildman–Crippen MR) is 134 cm³/mol. The van der Waals surface area contributed by atoms with E-state index in [1.54, 1.807) is 36.4 Å². The van der Waals surface area contributed by atoms with Crippen LogP contribution >= 0.6 is 0 Å². The van der Waals surface area contributed by atoms with Crippen LogP contribution in [0.15, 0.2) is 76.5 Å². The number of carbonyl (C=O) groups excluding carboxylic acids is 1. The van der Waals surface area contributed by atoms with Crippen molar-refractivity contribution >= 4 is 39.6 Å². The average Bonchev–Trinajstić information content (AvgIpc) is 2.82. The summed E-state index contributed by atoms with van der Waals surface area (Å²) in [7, 11) is 5.39. The zero-order chi connectivity index (χ0) is 24.4. The zero-order valence-corrected chi connectivity index (χ0v) is 19.3. The van der Waals surface area contributed by atoms with Crippen molar-refractivity contribution in [3.63, 3.8) is 0 Å². The van der Waals surface area contributed by atoms with E-state index >= 15 is 0 Å². The largest absolute Gasteiger partial charge is 0.378 e. The van der Waals surface area contributed by atoms with Gasteiger partial charge >= 0.3 is 0 Å². The van der Waals surface area contributed by atoms with Gasteiger partial charge in [0.25, 0.3) is 11.5 Å². The van der Waals surface area contributed by atoms with Crippen molar-refractivity contribution in [2.75, 3.05) is 24.3 Å². The van der Waals surface area contributed by atoms with E-state index in [1.165, 1.54) is 29.8 Å². The Hall–Kier alpha value is -4.33. The normalized spacial score (nSPS) is 11.5. The van der Waals surface area contributed by atoms with E-state index in [4.69, 9.17) is 0 Å². The average molecular weight is 458 g/mol. The van der Waals surface area contributed by atoms with E-state index in [0.717, 1.165) is 11.3 Å². The highest BCUT2D eigenvalue weighted by Crippen LogP contribution is 2.25. The van der Waals surface area contributed by atoms with Crippen LogP contribution in [0.25, 0.3) is 10.9 Å². The van der Waals surface area contributed by atoms with Crippen LogP contribution in [-0.4, -0.2) is 35.3 Å². The summed E-state index contributed by atoms with van der Waals surface area (Å²) in [5.41, 5.74) is 2.36. The molecule has 0 fully saturated rings. The lowest BCUT2D eigenvalue weighted by atomic mass is 10.1. The number of anilines is 2. The highest BCUT2D eigenvalue weighted by molar-refractivity contribution is 6.48. The smallest absolute Gasteiger partial charge is 0.278 e. The first kappa shape index (κ1) is 22.8. The Morgan fingerprint density at radius 3 is 2.47 bits per heavy atom. The highest BCUT2D eigenvalue weighted by Gasteiger charge is 2.22. The molecule has 0 saturated carbocycles. The molecule has 34 heavy (non-hydrogen) atoms. The molecule has 7 nitrogen and oxygen atoms in total. The molecule has 0 bridgehead atoms. The molecule has 1 heterocycles. The van der Waals surface area contributed by atoms with Gasteiger partial charge < -0.3 is 10.2 Å². The Balaban J connectivity index is 1.91. The van der Waals surface area contributed by atoms with Gasteiger partial charge in [-0.3, -0.25) is 14.2 Å². The van der Waals surface area contributed by atoms with Gasteiger partial charge in [0, 0.05) is 26.8 Å². The molecule has 1 aromatic heterocycles. The van der Waals surface area contributed by atoms with Crippen LogP contribution in [0, 0.1) is 12.7 Å². The van der Waals surface area contributed by atoms with Gasteiger partial charge in [0.05, 0.1) is 22.3 Å². The minimum atomic E-state index is -0.682. The number of aryl methyl sites for hydroxylation is 1. The number of amides is 1. The Morgan fingerprint density at radius 2 is 1.76 bits per heavy atom. The lowest BCUT2D eigenvalue weighted by Crippen LogP contribution is -2.32. The van der Waals surface area contributed by atoms with Crippen molar-refractivity contribution in [3.05, 3.63) is 94.3 Å². The zero-order valence-electron chi connectivity index (χ0n) is 19.3. The first-order chi connectivity index (χ1) is 16.3. The number of para-hydroxylation sites is 2. The van der Waals surface area contributed by atoms with Crippen molar-refractivity contribution in [1.82, 2.24) is 9.55 Å². The molecule has 0 aliphatic carbocycles. The second kappa shape index (κ2) is 9.27. The number of rotatable bonds is 5. The summed E-state index contributed by atoms with van der Waals surface area (Å²) >= 11 is 0. The number of nitrogens with one attached hydrogen (secondary N) is 1. The maximum atomic E-state index is 14.2. The Kier molecular flexibility index (Phi) is 6.23. The maximum Gasteiger partial charge on any atom is 0.278 e. The molecular formula is C26H24FN5O2. The Bertz CT molecular complexity index is 1490. The summed E-state index contributed by atoms with van der Waals surface area (Å²) in [6, 6.07) is 18.4. The first-order valence-electron chi connectivity index (χ1n) is 10.6. The topological polar surface area (TPSA) is 79.6 Å². The summed E-state index contributed by atoms with van der Waals surface area (Å²) in [6.45, 7) is 1.88. The Labute approximate surface area is 196 Å². The van der Waals surface area contributed by atoms with E-state index in [9.17, 15) is 14.0 Å². The van der Waals surface area contributed by atoms with Crippen LogP contribution in [0.3, 0.4) is 0 Å². The molecule has 0 atom stereocenters. The maximum absolute atomic E-state index is 14.2. The highest BCUT2D eigenvalue weighted by atomic mass is 19.1. The summed E-state index contributed by atoms with van der Waals surface area (Å²) < 4.78 is 15.5. The molecule has 4 rings (SSSR count). The molecular weight excluding hydrogens is 433 g/mol. The Morgan fingerprint density at radius 1 is 1.06 bits per heavy atom. The number of hydrogen-bond acceptors (Lipinski definition) is 5. The number of benzene rings is 3. The molecule has 3 aromatic carbocycles. The van der Waals surface area contributed by atoms with Gasteiger partial charge in [0.15, 0.2) is 11.5 Å². The van der Waals surface area contributed by atoms with Crippen molar-refractivity contribution in [2.24, 2.45) is 12.0 Å². The van der Waals surface area contributed by atoms with Crippen LogP contribution in [0.4, 0.5) is 21.5 Å². The fraction of sp³-hybridized carbons (Fsp3) is 0.154. The molecule has 8 heteroatoms. The van der Waals surface area contributed by atoms with Crippen molar-refractivity contribution in [1.29, 1.82) is 0 Å². The van der Waals surface area contributed by atoms with Crippen molar-refractivity contribution < 1.29 is 9.18 Å². The molecule has 0 saturated heterocycles. The second-order valence-electron chi connectivity index (χ2n) is 8.08. The number of hydrogen-bond donors (Lipinski definition) is 1. The summed E-state index contributed by atoms with van der Waals surface area (Å²) in [5, 5.41) is 2.99. The fourth-order valence-electron chi connectivity index (χ4n) is 3.54. The quantitative estimate of drug-likeness (QED) is 0.456. The molecule has 0 aliphatic heterocycles. The molecule has 0 unspecified atom stereocenters. The molecule has 1 N–H and O–H groups in total. The second-order valence-corrected chi connectivity index (χ2v) is 8.08. The van der Waals surface area contributed by atoms with E-state index in [-0.39, 0.29) is 22.8 Å². The molecule has 1 amide bonds. The van der Waals surface area contributed by atoms with E-state index in [2.05, 4.69) is 15.3 Å². The van der Waals surface area contributed by atoms with Gasteiger partial charge in [-0.15, -0.1) is 0 Å². The number of fused-ring (bicyclic) bond motifs is 1. The van der Waals surface area contributed by atoms with Gasteiger partial charge in [0.2, 0.25) is 0 Å². The molecule has 172 valence electrons. The van der Waals surface area contributed by atoms with Crippen LogP contribution in [-0.2, 0) is 11.8 Å². The van der Waals surface area contributed by atoms with Crippen LogP contribution in [0.2, 0.25) is 0 Å². The van der Waals surface area contributed by atoms with Gasteiger partial charge in [-0.2, -0.15) is 0 Å². The number of halogens is 1. The van der Waals surface area contributed by atoms with Crippen LogP contribution < -0.4 is 15.8 Å². The molecule has 0 spiro atoms. The summed E-state index contributed by atoms with van der Waals surface area (Å²) in [5.74, 6) is -1.19. The lowest BCUT2D eigenvalue weighted by molar-refractivity contribution is -0.110. The lowest BCUT2D eigenvalue weighted by Gasteiger charge is -2.15. The molecule has 4 aromatic rings. The van der Waals surface area contributed by atoms with Gasteiger partial charge in [0.1, 0.15) is 5.82 Å². The first-order valence-corrected chi connectivity index (χ1v) is 10.6. The third-order valence-electron chi connectivity index (χ3n) is 5.46. The number of aromatic nitrogens is 2. The van der Waals surface area contributed by atoms with E-state index in [0.29, 0.717) is 16.6 Å². The van der Waals surface area contributed by atoms with Crippen LogP contribution in [0.5, 0.6) is 0 Å². The predicted octanol–water partition coefficient (Wildman–Crippen LogP) is 4.21. The van der Waals surface area contributed by atoms with E-state index in [1.807, 2.05) is 38.1 Å². The molecule has 0 aliphatic rings. The summed E-state index contributed by atoms with van der Waals surface area (Å²) in [4.78, 5) is 37.5. The SMILES string of the molecule is Cc1cc(N(C)C)ccc1N=C(C(=O)Nc1ccccc1F)c1nc2ccccc2c(=O)n1C. The number of carbonyl (C=O) groups is 1. The number of nitrogens with zero attached hydrogens (tertiary/aromatic N) is 4. The minimum absolute atomic E-state index is 0.00525. The van der Waals surface area contributed by atoms with Gasteiger partial charge in [-0.1, -0.05) is 24.3 Å².